The molecule has 0 saturated carbocycles. The fourth-order valence-electron chi connectivity index (χ4n) is 1.22. The van der Waals surface area contributed by atoms with Crippen molar-refractivity contribution in [3.05, 3.63) is 0 Å². The summed E-state index contributed by atoms with van der Waals surface area (Å²) in [4.78, 5) is 10.6. The van der Waals surface area contributed by atoms with Gasteiger partial charge in [0.15, 0.2) is 0 Å². The van der Waals surface area contributed by atoms with Crippen molar-refractivity contribution >= 4 is 5.97 Å². The predicted octanol–water partition coefficient (Wildman–Crippen LogP) is 1.12. The lowest BCUT2D eigenvalue weighted by molar-refractivity contribution is -0.185. The van der Waals surface area contributed by atoms with Crippen LogP contribution in [0.15, 0.2) is 0 Å². The van der Waals surface area contributed by atoms with Crippen LogP contribution in [-0.4, -0.2) is 24.8 Å². The summed E-state index contributed by atoms with van der Waals surface area (Å²) in [6.45, 7) is 4.57. The van der Waals surface area contributed by atoms with E-state index >= 15 is 0 Å². The standard InChI is InChI=1S/C8H14O3/c1-3-4-8(2)6-10-7(9)5-11-8/h3-6H2,1-2H3. The van der Waals surface area contributed by atoms with Gasteiger partial charge in [0, 0.05) is 0 Å². The highest BCUT2D eigenvalue weighted by Crippen LogP contribution is 2.21. The highest BCUT2D eigenvalue weighted by molar-refractivity contribution is 5.71. The molecule has 0 bridgehead atoms. The van der Waals surface area contributed by atoms with E-state index in [9.17, 15) is 4.79 Å². The zero-order chi connectivity index (χ0) is 8.32. The largest absolute Gasteiger partial charge is 0.461 e. The van der Waals surface area contributed by atoms with Crippen LogP contribution in [-0.2, 0) is 14.3 Å². The summed E-state index contributed by atoms with van der Waals surface area (Å²) in [6, 6.07) is 0. The maximum atomic E-state index is 10.6. The number of ether oxygens (including phenoxy) is 2. The number of carbonyl (C=O) groups excluding carboxylic acids is 1. The number of cyclic esters (lactones) is 1. The summed E-state index contributed by atoms with van der Waals surface area (Å²) in [5.74, 6) is -0.251. The Morgan fingerprint density at radius 3 is 2.82 bits per heavy atom. The van der Waals surface area contributed by atoms with Gasteiger partial charge in [0.25, 0.3) is 0 Å². The lowest BCUT2D eigenvalue weighted by Crippen LogP contribution is -2.42. The quantitative estimate of drug-likeness (QED) is 0.565. The van der Waals surface area contributed by atoms with E-state index in [1.165, 1.54) is 0 Å². The third-order valence-electron chi connectivity index (χ3n) is 1.86. The smallest absolute Gasteiger partial charge is 0.332 e. The van der Waals surface area contributed by atoms with Gasteiger partial charge in [-0.05, 0) is 13.3 Å². The zero-order valence-corrected chi connectivity index (χ0v) is 7.05. The zero-order valence-electron chi connectivity index (χ0n) is 7.05. The Hall–Kier alpha value is -0.570. The first-order valence-corrected chi connectivity index (χ1v) is 3.96. The van der Waals surface area contributed by atoms with Gasteiger partial charge in [-0.1, -0.05) is 13.3 Å². The predicted molar refractivity (Wildman–Crippen MR) is 40.2 cm³/mol. The van der Waals surface area contributed by atoms with Crippen LogP contribution >= 0.6 is 0 Å². The van der Waals surface area contributed by atoms with Crippen LogP contribution in [0, 0.1) is 0 Å². The molecule has 0 aromatic heterocycles. The van der Waals surface area contributed by atoms with Gasteiger partial charge in [-0.25, -0.2) is 4.79 Å². The van der Waals surface area contributed by atoms with E-state index in [1.807, 2.05) is 6.92 Å². The van der Waals surface area contributed by atoms with Crippen molar-refractivity contribution in [2.45, 2.75) is 32.3 Å². The Kier molecular flexibility index (Phi) is 2.49. The normalized spacial score (nSPS) is 31.6. The van der Waals surface area contributed by atoms with E-state index in [4.69, 9.17) is 9.47 Å². The molecule has 0 aromatic carbocycles. The third kappa shape index (κ3) is 2.19. The van der Waals surface area contributed by atoms with Crippen molar-refractivity contribution in [2.75, 3.05) is 13.2 Å². The van der Waals surface area contributed by atoms with Crippen LogP contribution in [0.3, 0.4) is 0 Å². The van der Waals surface area contributed by atoms with Gasteiger partial charge in [-0.15, -0.1) is 0 Å². The molecule has 1 aliphatic heterocycles. The Balaban J connectivity index is 2.41. The van der Waals surface area contributed by atoms with Gasteiger partial charge in [0.05, 0.1) is 0 Å². The summed E-state index contributed by atoms with van der Waals surface area (Å²) in [7, 11) is 0. The Morgan fingerprint density at radius 2 is 2.36 bits per heavy atom. The molecule has 3 heteroatoms. The first kappa shape index (κ1) is 8.53. The van der Waals surface area contributed by atoms with Crippen LogP contribution in [0.2, 0.25) is 0 Å². The SMILES string of the molecule is CCCC1(C)COC(=O)CO1. The molecule has 0 spiro atoms. The molecule has 1 heterocycles. The Bertz CT molecular complexity index is 143. The minimum absolute atomic E-state index is 0.108. The van der Waals surface area contributed by atoms with E-state index in [1.54, 1.807) is 0 Å². The van der Waals surface area contributed by atoms with E-state index in [0.29, 0.717) is 6.61 Å². The third-order valence-corrected chi connectivity index (χ3v) is 1.86. The second kappa shape index (κ2) is 3.22. The van der Waals surface area contributed by atoms with Crippen molar-refractivity contribution in [1.29, 1.82) is 0 Å². The molecule has 0 N–H and O–H groups in total. The van der Waals surface area contributed by atoms with Crippen molar-refractivity contribution in [3.63, 3.8) is 0 Å². The fourth-order valence-corrected chi connectivity index (χ4v) is 1.22. The highest BCUT2D eigenvalue weighted by Gasteiger charge is 2.31. The molecule has 0 aromatic rings. The van der Waals surface area contributed by atoms with Gasteiger partial charge >= 0.3 is 5.97 Å². The highest BCUT2D eigenvalue weighted by atomic mass is 16.6. The second-order valence-electron chi connectivity index (χ2n) is 3.15. The summed E-state index contributed by atoms with van der Waals surface area (Å²) in [6.07, 6.45) is 1.99. The Labute approximate surface area is 66.7 Å². The molecule has 0 aliphatic carbocycles. The molecule has 1 atom stereocenters. The van der Waals surface area contributed by atoms with E-state index < -0.39 is 0 Å². The maximum absolute atomic E-state index is 10.6. The van der Waals surface area contributed by atoms with Crippen LogP contribution < -0.4 is 0 Å². The van der Waals surface area contributed by atoms with Crippen LogP contribution in [0.4, 0.5) is 0 Å². The monoisotopic (exact) mass is 158 g/mol. The molecular formula is C8H14O3. The van der Waals surface area contributed by atoms with Gasteiger partial charge in [-0.3, -0.25) is 0 Å². The average Bonchev–Trinajstić information content (AvgIpc) is 1.97. The van der Waals surface area contributed by atoms with Crippen LogP contribution in [0.1, 0.15) is 26.7 Å². The number of hydrogen-bond donors (Lipinski definition) is 0. The summed E-state index contributed by atoms with van der Waals surface area (Å²) in [5.41, 5.74) is -0.233. The number of carbonyl (C=O) groups is 1. The molecule has 3 nitrogen and oxygen atoms in total. The summed E-state index contributed by atoms with van der Waals surface area (Å²) < 4.78 is 10.2. The minimum atomic E-state index is -0.251. The molecule has 1 fully saturated rings. The average molecular weight is 158 g/mol. The van der Waals surface area contributed by atoms with E-state index in [-0.39, 0.29) is 18.2 Å². The van der Waals surface area contributed by atoms with Crippen molar-refractivity contribution in [1.82, 2.24) is 0 Å². The van der Waals surface area contributed by atoms with Gasteiger partial charge < -0.3 is 9.47 Å². The number of rotatable bonds is 2. The lowest BCUT2D eigenvalue weighted by Gasteiger charge is -2.32. The first-order chi connectivity index (χ1) is 5.16. The van der Waals surface area contributed by atoms with E-state index in [2.05, 4.69) is 6.92 Å². The van der Waals surface area contributed by atoms with Gasteiger partial charge in [0.2, 0.25) is 0 Å². The van der Waals surface area contributed by atoms with Crippen molar-refractivity contribution in [3.8, 4) is 0 Å². The lowest BCUT2D eigenvalue weighted by atomic mass is 10.0. The molecule has 1 unspecified atom stereocenters. The first-order valence-electron chi connectivity index (χ1n) is 3.96. The molecule has 1 aliphatic rings. The molecule has 1 saturated heterocycles. The minimum Gasteiger partial charge on any atom is -0.461 e. The Morgan fingerprint density at radius 1 is 1.64 bits per heavy atom. The summed E-state index contributed by atoms with van der Waals surface area (Å²) in [5, 5.41) is 0. The molecular weight excluding hydrogens is 144 g/mol. The van der Waals surface area contributed by atoms with Crippen molar-refractivity contribution in [2.24, 2.45) is 0 Å². The molecule has 11 heavy (non-hydrogen) atoms. The van der Waals surface area contributed by atoms with Gasteiger partial charge in [-0.2, -0.15) is 0 Å². The maximum Gasteiger partial charge on any atom is 0.332 e. The van der Waals surface area contributed by atoms with Crippen LogP contribution in [0.25, 0.3) is 0 Å². The second-order valence-corrected chi connectivity index (χ2v) is 3.15. The number of esters is 1. The topological polar surface area (TPSA) is 35.5 Å². The van der Waals surface area contributed by atoms with E-state index in [0.717, 1.165) is 12.8 Å². The fraction of sp³-hybridized carbons (Fsp3) is 0.875. The van der Waals surface area contributed by atoms with Crippen LogP contribution in [0.5, 0.6) is 0 Å². The molecule has 1 rings (SSSR count). The number of hydrogen-bond acceptors (Lipinski definition) is 3. The molecule has 64 valence electrons. The summed E-state index contributed by atoms with van der Waals surface area (Å²) >= 11 is 0. The molecule has 0 amide bonds. The van der Waals surface area contributed by atoms with Gasteiger partial charge in [0.1, 0.15) is 18.8 Å². The van der Waals surface area contributed by atoms with Crippen molar-refractivity contribution < 1.29 is 14.3 Å². The molecule has 0 radical (unpaired) electrons.